The summed E-state index contributed by atoms with van der Waals surface area (Å²) in [6.07, 6.45) is 1.17. The predicted molar refractivity (Wildman–Crippen MR) is 153 cm³/mol. The van der Waals surface area contributed by atoms with Gasteiger partial charge in [0.1, 0.15) is 8.07 Å². The second-order valence-corrected chi connectivity index (χ2v) is 18.5. The standard InChI is InChI=1S/C32H41NSi/c1-11-22(4)23-13-15-27-28(19-23)34(31(5,6)7,32(8,9)10)29-18-21(3)17-25-24-16-20(2)12-14-26(24)33(27)30(25)29/h12-19,22H,11H2,1-10H3. The van der Waals surface area contributed by atoms with Crippen LogP contribution in [0.4, 0.5) is 0 Å². The first kappa shape index (κ1) is 23.4. The van der Waals surface area contributed by atoms with Gasteiger partial charge in [0.15, 0.2) is 0 Å². The SMILES string of the molecule is CCC(C)c1ccc2c(c1)[Si](C(C)(C)C)(C(C)(C)C)c1cc(C)cc3c4cc(C)ccc4n-2c13. The molecule has 5 rings (SSSR count). The molecular weight excluding hydrogens is 426 g/mol. The average Bonchev–Trinajstić information content (AvgIpc) is 3.05. The quantitative estimate of drug-likeness (QED) is 0.261. The Bertz CT molecular complexity index is 1420. The molecule has 1 aromatic heterocycles. The van der Waals surface area contributed by atoms with Crippen LogP contribution in [-0.4, -0.2) is 12.6 Å². The van der Waals surface area contributed by atoms with E-state index in [4.69, 9.17) is 0 Å². The van der Waals surface area contributed by atoms with E-state index in [-0.39, 0.29) is 10.1 Å². The van der Waals surface area contributed by atoms with Crippen molar-refractivity contribution < 1.29 is 0 Å². The Balaban J connectivity index is 2.11. The first-order chi connectivity index (χ1) is 15.8. The normalized spacial score (nSPS) is 16.2. The Morgan fingerprint density at radius 1 is 0.765 bits per heavy atom. The summed E-state index contributed by atoms with van der Waals surface area (Å²) >= 11 is 0. The van der Waals surface area contributed by atoms with Crippen LogP contribution in [0.2, 0.25) is 10.1 Å². The van der Waals surface area contributed by atoms with Gasteiger partial charge in [0.25, 0.3) is 0 Å². The molecule has 2 heteroatoms. The van der Waals surface area contributed by atoms with E-state index < -0.39 is 8.07 Å². The molecule has 1 unspecified atom stereocenters. The summed E-state index contributed by atoms with van der Waals surface area (Å²) in [5, 5.41) is 6.40. The van der Waals surface area contributed by atoms with Crippen LogP contribution in [-0.2, 0) is 0 Å². The molecule has 0 N–H and O–H groups in total. The van der Waals surface area contributed by atoms with Gasteiger partial charge < -0.3 is 4.57 Å². The van der Waals surface area contributed by atoms with Crippen molar-refractivity contribution in [1.29, 1.82) is 0 Å². The Hall–Kier alpha value is -2.32. The molecule has 0 saturated carbocycles. The number of rotatable bonds is 2. The smallest absolute Gasteiger partial charge is 0.134 e. The topological polar surface area (TPSA) is 4.93 Å². The minimum Gasteiger partial charge on any atom is -0.309 e. The highest BCUT2D eigenvalue weighted by Crippen LogP contribution is 2.54. The highest BCUT2D eigenvalue weighted by molar-refractivity contribution is 7.08. The lowest BCUT2D eigenvalue weighted by Gasteiger charge is -2.55. The number of nitrogens with zero attached hydrogens (tertiary/aromatic N) is 1. The zero-order chi connectivity index (χ0) is 24.8. The highest BCUT2D eigenvalue weighted by atomic mass is 28.3. The molecule has 0 amide bonds. The van der Waals surface area contributed by atoms with E-state index in [1.165, 1.54) is 50.6 Å². The molecule has 1 aliphatic heterocycles. The Labute approximate surface area is 207 Å². The van der Waals surface area contributed by atoms with Crippen LogP contribution < -0.4 is 10.4 Å². The van der Waals surface area contributed by atoms with Gasteiger partial charge in [0.2, 0.25) is 0 Å². The maximum atomic E-state index is 2.63. The molecule has 0 saturated heterocycles. The summed E-state index contributed by atoms with van der Waals surface area (Å²) in [6, 6.07) is 19.5. The molecule has 1 aliphatic rings. The summed E-state index contributed by atoms with van der Waals surface area (Å²) in [6.45, 7) is 24.3. The average molecular weight is 468 g/mol. The molecular formula is C32H41NSi. The lowest BCUT2D eigenvalue weighted by atomic mass is 9.98. The van der Waals surface area contributed by atoms with Crippen molar-refractivity contribution in [3.8, 4) is 5.69 Å². The molecule has 0 aliphatic carbocycles. The number of benzene rings is 3. The third-order valence-electron chi connectivity index (χ3n) is 8.66. The molecule has 3 aromatic carbocycles. The highest BCUT2D eigenvalue weighted by Gasteiger charge is 2.59. The first-order valence-corrected chi connectivity index (χ1v) is 15.0. The Morgan fingerprint density at radius 3 is 2.03 bits per heavy atom. The van der Waals surface area contributed by atoms with Gasteiger partial charge >= 0.3 is 0 Å². The lowest BCUT2D eigenvalue weighted by Crippen LogP contribution is -2.72. The van der Waals surface area contributed by atoms with Gasteiger partial charge in [-0.2, -0.15) is 0 Å². The van der Waals surface area contributed by atoms with E-state index in [9.17, 15) is 0 Å². The van der Waals surface area contributed by atoms with E-state index in [0.717, 1.165) is 0 Å². The fourth-order valence-electron chi connectivity index (χ4n) is 7.42. The van der Waals surface area contributed by atoms with Crippen LogP contribution in [0.3, 0.4) is 0 Å². The molecule has 0 radical (unpaired) electrons. The van der Waals surface area contributed by atoms with Gasteiger partial charge in [0, 0.05) is 16.5 Å². The van der Waals surface area contributed by atoms with Gasteiger partial charge in [0.05, 0.1) is 11.0 Å². The van der Waals surface area contributed by atoms with E-state index in [1.807, 2.05) is 0 Å². The number of aryl methyl sites for hydroxylation is 2. The minimum absolute atomic E-state index is 0.159. The molecule has 1 atom stereocenters. The molecule has 34 heavy (non-hydrogen) atoms. The number of hydrogen-bond acceptors (Lipinski definition) is 0. The lowest BCUT2D eigenvalue weighted by molar-refractivity contribution is 0.635. The number of aromatic nitrogens is 1. The van der Waals surface area contributed by atoms with E-state index in [2.05, 4.69) is 122 Å². The van der Waals surface area contributed by atoms with Crippen LogP contribution in [0.5, 0.6) is 0 Å². The summed E-state index contributed by atoms with van der Waals surface area (Å²) in [7, 11) is -2.28. The Morgan fingerprint density at radius 2 is 1.41 bits per heavy atom. The van der Waals surface area contributed by atoms with Gasteiger partial charge in [-0.1, -0.05) is 90.8 Å². The summed E-state index contributed by atoms with van der Waals surface area (Å²) in [4.78, 5) is 0. The van der Waals surface area contributed by atoms with Crippen LogP contribution in [0, 0.1) is 13.8 Å². The maximum Gasteiger partial charge on any atom is 0.134 e. The molecule has 0 fully saturated rings. The van der Waals surface area contributed by atoms with Crippen molar-refractivity contribution in [3.05, 3.63) is 65.2 Å². The summed E-state index contributed by atoms with van der Waals surface area (Å²) < 4.78 is 2.61. The monoisotopic (exact) mass is 467 g/mol. The zero-order valence-electron chi connectivity index (χ0n) is 22.9. The van der Waals surface area contributed by atoms with Crippen molar-refractivity contribution in [1.82, 2.24) is 4.57 Å². The van der Waals surface area contributed by atoms with Gasteiger partial charge in [-0.05, 0) is 76.5 Å². The van der Waals surface area contributed by atoms with Crippen molar-refractivity contribution in [2.45, 2.75) is 91.7 Å². The zero-order valence-corrected chi connectivity index (χ0v) is 23.9. The number of hydrogen-bond donors (Lipinski definition) is 0. The summed E-state index contributed by atoms with van der Waals surface area (Å²) in [5.74, 6) is 0.569. The van der Waals surface area contributed by atoms with Crippen LogP contribution in [0.1, 0.15) is 84.4 Å². The van der Waals surface area contributed by atoms with Crippen LogP contribution in [0.15, 0.2) is 48.5 Å². The second kappa shape index (κ2) is 7.34. The molecule has 1 nitrogen and oxygen atoms in total. The molecule has 0 bridgehead atoms. The van der Waals surface area contributed by atoms with Crippen molar-refractivity contribution in [2.75, 3.05) is 0 Å². The number of fused-ring (bicyclic) bond motifs is 5. The largest absolute Gasteiger partial charge is 0.309 e. The molecule has 0 spiro atoms. The van der Waals surface area contributed by atoms with Crippen molar-refractivity contribution in [2.24, 2.45) is 0 Å². The van der Waals surface area contributed by atoms with E-state index in [1.54, 1.807) is 10.4 Å². The van der Waals surface area contributed by atoms with Crippen molar-refractivity contribution in [3.63, 3.8) is 0 Å². The third kappa shape index (κ3) is 2.90. The molecule has 4 aromatic rings. The van der Waals surface area contributed by atoms with Crippen molar-refractivity contribution >= 4 is 40.3 Å². The van der Waals surface area contributed by atoms with E-state index in [0.29, 0.717) is 5.92 Å². The third-order valence-corrected chi connectivity index (χ3v) is 15.6. The van der Waals surface area contributed by atoms with Gasteiger partial charge in [-0.15, -0.1) is 0 Å². The van der Waals surface area contributed by atoms with Gasteiger partial charge in [-0.3, -0.25) is 0 Å². The fourth-order valence-corrected chi connectivity index (χ4v) is 15.2. The Kier molecular flexibility index (Phi) is 5.05. The van der Waals surface area contributed by atoms with Crippen LogP contribution >= 0.6 is 0 Å². The summed E-state index contributed by atoms with van der Waals surface area (Å²) in [5.41, 5.74) is 8.43. The first-order valence-electron chi connectivity index (χ1n) is 13.0. The van der Waals surface area contributed by atoms with E-state index >= 15 is 0 Å². The molecule has 178 valence electrons. The molecule has 2 heterocycles. The fraction of sp³-hybridized carbons (Fsp3) is 0.438. The van der Waals surface area contributed by atoms with Crippen LogP contribution in [0.25, 0.3) is 27.5 Å². The van der Waals surface area contributed by atoms with Gasteiger partial charge in [-0.25, -0.2) is 0 Å². The minimum atomic E-state index is -2.28. The predicted octanol–water partition coefficient (Wildman–Crippen LogP) is 8.39. The maximum absolute atomic E-state index is 2.63. The second-order valence-electron chi connectivity index (χ2n) is 12.9.